The standard InChI is InChI=1S/C16H22BNO3/c1-9-6-7-10(2)14(21-15(20)11(3)18)13(9)16(4,5)8-12(17)19/h6-7,11H,8,18H2,1-5H3. The van der Waals surface area contributed by atoms with Gasteiger partial charge in [-0.15, -0.1) is 0 Å². The van der Waals surface area contributed by atoms with Gasteiger partial charge in [0, 0.05) is 12.0 Å². The van der Waals surface area contributed by atoms with E-state index in [-0.39, 0.29) is 6.42 Å². The molecule has 0 amide bonds. The van der Waals surface area contributed by atoms with Gasteiger partial charge in [-0.2, -0.15) is 0 Å². The summed E-state index contributed by atoms with van der Waals surface area (Å²) in [5.41, 5.74) is 7.21. The number of esters is 1. The summed E-state index contributed by atoms with van der Waals surface area (Å²) in [6, 6.07) is 3.11. The Balaban J connectivity index is 3.39. The highest BCUT2D eigenvalue weighted by atomic mass is 16.5. The van der Waals surface area contributed by atoms with E-state index in [0.29, 0.717) is 5.75 Å². The van der Waals surface area contributed by atoms with Crippen LogP contribution < -0.4 is 10.5 Å². The maximum absolute atomic E-state index is 11.8. The van der Waals surface area contributed by atoms with Gasteiger partial charge in [-0.3, -0.25) is 0 Å². The van der Waals surface area contributed by atoms with E-state index in [2.05, 4.69) is 0 Å². The van der Waals surface area contributed by atoms with Crippen LogP contribution in [0.25, 0.3) is 0 Å². The van der Waals surface area contributed by atoms with Gasteiger partial charge in [0.1, 0.15) is 11.8 Å². The molecule has 0 spiro atoms. The van der Waals surface area contributed by atoms with Gasteiger partial charge in [0.25, 0.3) is 0 Å². The molecule has 0 saturated carbocycles. The molecule has 1 unspecified atom stereocenters. The average molecular weight is 287 g/mol. The van der Waals surface area contributed by atoms with Crippen molar-refractivity contribution in [3.05, 3.63) is 28.8 Å². The van der Waals surface area contributed by atoms with Crippen molar-refractivity contribution in [3.63, 3.8) is 0 Å². The lowest BCUT2D eigenvalue weighted by atomic mass is 9.74. The van der Waals surface area contributed by atoms with Crippen molar-refractivity contribution in [1.29, 1.82) is 0 Å². The molecular weight excluding hydrogens is 265 g/mol. The van der Waals surface area contributed by atoms with Gasteiger partial charge in [0.15, 0.2) is 7.85 Å². The molecule has 0 aliphatic heterocycles. The minimum Gasteiger partial charge on any atom is -0.425 e. The topological polar surface area (TPSA) is 69.4 Å². The molecule has 1 atom stereocenters. The van der Waals surface area contributed by atoms with Crippen molar-refractivity contribution in [2.24, 2.45) is 5.73 Å². The van der Waals surface area contributed by atoms with Crippen molar-refractivity contribution in [2.45, 2.75) is 52.5 Å². The summed E-state index contributed by atoms with van der Waals surface area (Å²) in [5.74, 6) is -0.0247. The highest BCUT2D eigenvalue weighted by Gasteiger charge is 2.30. The van der Waals surface area contributed by atoms with Crippen LogP contribution in [0.5, 0.6) is 5.75 Å². The number of ether oxygens (including phenoxy) is 1. The number of carbonyl (C=O) groups is 2. The van der Waals surface area contributed by atoms with Crippen molar-refractivity contribution in [2.75, 3.05) is 0 Å². The highest BCUT2D eigenvalue weighted by Crippen LogP contribution is 2.39. The Bertz CT molecular complexity index is 565. The molecule has 0 aliphatic carbocycles. The zero-order valence-electron chi connectivity index (χ0n) is 13.3. The number of hydrogen-bond donors (Lipinski definition) is 1. The predicted octanol–water partition coefficient (Wildman–Crippen LogP) is 1.92. The summed E-state index contributed by atoms with van der Waals surface area (Å²) in [4.78, 5) is 23.2. The van der Waals surface area contributed by atoms with Crippen LogP contribution in [-0.2, 0) is 15.0 Å². The highest BCUT2D eigenvalue weighted by molar-refractivity contribution is 6.57. The van der Waals surface area contributed by atoms with Crippen molar-refractivity contribution < 1.29 is 14.3 Å². The number of rotatable bonds is 5. The summed E-state index contributed by atoms with van der Waals surface area (Å²) in [6.45, 7) is 9.15. The summed E-state index contributed by atoms with van der Waals surface area (Å²) in [5, 5.41) is 0. The minimum atomic E-state index is -0.711. The second-order valence-corrected chi connectivity index (χ2v) is 6.14. The Kier molecular flexibility index (Phi) is 5.34. The van der Waals surface area contributed by atoms with Crippen LogP contribution in [0.4, 0.5) is 0 Å². The third kappa shape index (κ3) is 4.17. The molecule has 1 aromatic rings. The molecule has 0 aromatic heterocycles. The normalized spacial score (nSPS) is 12.9. The molecule has 4 nitrogen and oxygen atoms in total. The molecule has 1 rings (SSSR count). The first-order valence-corrected chi connectivity index (χ1v) is 6.92. The molecule has 21 heavy (non-hydrogen) atoms. The Hall–Kier alpha value is -1.62. The quantitative estimate of drug-likeness (QED) is 0.510. The van der Waals surface area contributed by atoms with Crippen LogP contribution in [0.2, 0.25) is 0 Å². The van der Waals surface area contributed by atoms with Crippen LogP contribution in [0.3, 0.4) is 0 Å². The maximum Gasteiger partial charge on any atom is 0.328 e. The number of nitrogens with two attached hydrogens (primary N) is 1. The zero-order valence-corrected chi connectivity index (χ0v) is 13.3. The average Bonchev–Trinajstić information content (AvgIpc) is 2.31. The molecule has 0 saturated heterocycles. The molecule has 5 heteroatoms. The summed E-state index contributed by atoms with van der Waals surface area (Å²) in [7, 11) is 5.34. The SMILES string of the molecule is [B]C(=O)CC(C)(C)c1c(C)ccc(C)c1OC(=O)C(C)N. The van der Waals surface area contributed by atoms with E-state index in [1.807, 2.05) is 39.8 Å². The smallest absolute Gasteiger partial charge is 0.328 e. The second-order valence-electron chi connectivity index (χ2n) is 6.14. The largest absolute Gasteiger partial charge is 0.425 e. The van der Waals surface area contributed by atoms with Gasteiger partial charge < -0.3 is 15.3 Å². The Morgan fingerprint density at radius 1 is 1.29 bits per heavy atom. The fourth-order valence-corrected chi connectivity index (χ4v) is 2.48. The minimum absolute atomic E-state index is 0.167. The van der Waals surface area contributed by atoms with E-state index >= 15 is 0 Å². The molecule has 0 fully saturated rings. The van der Waals surface area contributed by atoms with Crippen molar-refractivity contribution >= 4 is 19.5 Å². The van der Waals surface area contributed by atoms with Crippen LogP contribution in [0.1, 0.15) is 43.9 Å². The lowest BCUT2D eigenvalue weighted by Crippen LogP contribution is -2.32. The Morgan fingerprint density at radius 3 is 2.29 bits per heavy atom. The lowest BCUT2D eigenvalue weighted by molar-refractivity contribution is -0.135. The van der Waals surface area contributed by atoms with Gasteiger partial charge in [-0.05, 0) is 37.3 Å². The molecule has 2 radical (unpaired) electrons. The first kappa shape index (κ1) is 17.4. The van der Waals surface area contributed by atoms with Crippen molar-refractivity contribution in [1.82, 2.24) is 0 Å². The number of hydrogen-bond acceptors (Lipinski definition) is 4. The Morgan fingerprint density at radius 2 is 1.81 bits per heavy atom. The number of benzene rings is 1. The monoisotopic (exact) mass is 287 g/mol. The van der Waals surface area contributed by atoms with Crippen LogP contribution in [0.15, 0.2) is 12.1 Å². The van der Waals surface area contributed by atoms with Gasteiger partial charge in [0.2, 0.25) is 0 Å². The second kappa shape index (κ2) is 6.44. The fraction of sp³-hybridized carbons (Fsp3) is 0.500. The van der Waals surface area contributed by atoms with Gasteiger partial charge in [-0.1, -0.05) is 26.0 Å². The third-order valence-electron chi connectivity index (χ3n) is 3.43. The van der Waals surface area contributed by atoms with Crippen LogP contribution in [0, 0.1) is 13.8 Å². The van der Waals surface area contributed by atoms with E-state index in [1.165, 1.54) is 0 Å². The molecule has 1 aromatic carbocycles. The van der Waals surface area contributed by atoms with Crippen LogP contribution >= 0.6 is 0 Å². The van der Waals surface area contributed by atoms with Gasteiger partial charge in [0.05, 0.1) is 5.68 Å². The van der Waals surface area contributed by atoms with E-state index in [4.69, 9.17) is 18.3 Å². The van der Waals surface area contributed by atoms with E-state index < -0.39 is 23.1 Å². The summed E-state index contributed by atoms with van der Waals surface area (Å²) < 4.78 is 5.47. The first-order valence-electron chi connectivity index (χ1n) is 6.92. The first-order chi connectivity index (χ1) is 9.56. The number of carbonyl (C=O) groups excluding carboxylic acids is 2. The lowest BCUT2D eigenvalue weighted by Gasteiger charge is -2.29. The molecule has 0 bridgehead atoms. The summed E-state index contributed by atoms with van der Waals surface area (Å²) in [6.07, 6.45) is 0.167. The molecule has 112 valence electrons. The molecular formula is C16H22BNO3. The molecule has 0 heterocycles. The van der Waals surface area contributed by atoms with Gasteiger partial charge in [-0.25, -0.2) is 4.79 Å². The van der Waals surface area contributed by atoms with E-state index in [9.17, 15) is 9.59 Å². The molecule has 2 N–H and O–H groups in total. The summed E-state index contributed by atoms with van der Waals surface area (Å²) >= 11 is 0. The number of aryl methyl sites for hydroxylation is 2. The maximum atomic E-state index is 11.8. The van der Waals surface area contributed by atoms with Gasteiger partial charge >= 0.3 is 5.97 Å². The fourth-order valence-electron chi connectivity index (χ4n) is 2.48. The predicted molar refractivity (Wildman–Crippen MR) is 83.6 cm³/mol. The zero-order chi connectivity index (χ0) is 16.4. The third-order valence-corrected chi connectivity index (χ3v) is 3.43. The molecule has 0 aliphatic rings. The van der Waals surface area contributed by atoms with Crippen LogP contribution in [-0.4, -0.2) is 25.5 Å². The van der Waals surface area contributed by atoms with E-state index in [0.717, 1.165) is 16.7 Å². The van der Waals surface area contributed by atoms with E-state index in [1.54, 1.807) is 6.92 Å². The van der Waals surface area contributed by atoms with Crippen molar-refractivity contribution in [3.8, 4) is 5.75 Å². The Labute approximate surface area is 127 Å².